The molecule has 0 N–H and O–H groups in total. The van der Waals surface area contributed by atoms with Crippen LogP contribution in [0.25, 0.3) is 17.2 Å². The van der Waals surface area contributed by atoms with Crippen molar-refractivity contribution in [3.05, 3.63) is 59.7 Å². The summed E-state index contributed by atoms with van der Waals surface area (Å²) >= 11 is 0. The van der Waals surface area contributed by atoms with Crippen LogP contribution in [0, 0.1) is 17.8 Å². The van der Waals surface area contributed by atoms with E-state index in [9.17, 15) is 4.79 Å². The van der Waals surface area contributed by atoms with Crippen LogP contribution in [-0.4, -0.2) is 12.9 Å². The number of ether oxygens (including phenoxy) is 1. The Morgan fingerprint density at radius 3 is 2.08 bits per heavy atom. The van der Waals surface area contributed by atoms with Crippen molar-refractivity contribution in [2.24, 2.45) is 17.8 Å². The lowest BCUT2D eigenvalue weighted by Crippen LogP contribution is -2.30. The van der Waals surface area contributed by atoms with Crippen LogP contribution in [0.3, 0.4) is 0 Å². The van der Waals surface area contributed by atoms with Crippen molar-refractivity contribution < 1.29 is 9.53 Å². The molecule has 2 nitrogen and oxygen atoms in total. The van der Waals surface area contributed by atoms with Gasteiger partial charge in [-0.1, -0.05) is 57.2 Å². The molecule has 1 aliphatic rings. The third kappa shape index (κ3) is 3.90. The lowest BCUT2D eigenvalue weighted by Gasteiger charge is -2.30. The molecular weight excluding hydrogens is 320 g/mol. The maximum absolute atomic E-state index is 12.9. The molecule has 0 bridgehead atoms. The van der Waals surface area contributed by atoms with Crippen molar-refractivity contribution in [3.8, 4) is 16.9 Å². The molecule has 3 rings (SSSR count). The smallest absolute Gasteiger partial charge is 0.162 e. The molecule has 2 aromatic carbocycles. The molecule has 2 heteroatoms. The highest BCUT2D eigenvalue weighted by molar-refractivity contribution is 6.02. The summed E-state index contributed by atoms with van der Waals surface area (Å²) in [6.07, 6.45) is 4.22. The van der Waals surface area contributed by atoms with Crippen LogP contribution in [0.2, 0.25) is 0 Å². The lowest BCUT2D eigenvalue weighted by atomic mass is 9.73. The molecule has 1 fully saturated rings. The number of ketones is 1. The van der Waals surface area contributed by atoms with Gasteiger partial charge in [0.25, 0.3) is 0 Å². The zero-order valence-corrected chi connectivity index (χ0v) is 16.2. The second-order valence-corrected chi connectivity index (χ2v) is 7.64. The first kappa shape index (κ1) is 18.4. The average molecular weight is 348 g/mol. The van der Waals surface area contributed by atoms with E-state index in [1.165, 1.54) is 0 Å². The second-order valence-electron chi connectivity index (χ2n) is 7.64. The maximum Gasteiger partial charge on any atom is 0.162 e. The Balaban J connectivity index is 1.83. The van der Waals surface area contributed by atoms with Gasteiger partial charge in [-0.3, -0.25) is 4.79 Å². The number of allylic oxidation sites excluding steroid dienone is 1. The van der Waals surface area contributed by atoms with Crippen molar-refractivity contribution in [3.63, 3.8) is 0 Å². The zero-order chi connectivity index (χ0) is 18.7. The minimum Gasteiger partial charge on any atom is -0.497 e. The normalized spacial score (nSPS) is 22.0. The molecule has 2 aromatic rings. The summed E-state index contributed by atoms with van der Waals surface area (Å²) < 4.78 is 5.21. The van der Waals surface area contributed by atoms with E-state index in [1.54, 1.807) is 7.11 Å². The first-order chi connectivity index (χ1) is 12.5. The summed E-state index contributed by atoms with van der Waals surface area (Å²) in [7, 11) is 1.68. The largest absolute Gasteiger partial charge is 0.497 e. The zero-order valence-electron chi connectivity index (χ0n) is 16.2. The van der Waals surface area contributed by atoms with Crippen molar-refractivity contribution >= 4 is 11.9 Å². The van der Waals surface area contributed by atoms with Gasteiger partial charge in [-0.25, -0.2) is 0 Å². The van der Waals surface area contributed by atoms with E-state index >= 15 is 0 Å². The molecule has 0 heterocycles. The summed E-state index contributed by atoms with van der Waals surface area (Å²) in [5.41, 5.74) is 4.42. The summed E-state index contributed by atoms with van der Waals surface area (Å²) in [5.74, 6) is 2.14. The lowest BCUT2D eigenvalue weighted by molar-refractivity contribution is -0.122. The van der Waals surface area contributed by atoms with Crippen LogP contribution in [0.15, 0.2) is 54.1 Å². The predicted octanol–water partition coefficient (Wildman–Crippen LogP) is 6.02. The van der Waals surface area contributed by atoms with Crippen LogP contribution in [0.4, 0.5) is 0 Å². The highest BCUT2D eigenvalue weighted by atomic mass is 16.5. The third-order valence-electron chi connectivity index (χ3n) is 5.52. The Labute approximate surface area is 156 Å². The number of hydrogen-bond acceptors (Lipinski definition) is 2. The summed E-state index contributed by atoms with van der Waals surface area (Å²) in [6, 6.07) is 16.5. The molecule has 0 radical (unpaired) electrons. The van der Waals surface area contributed by atoms with Crippen molar-refractivity contribution in [2.75, 3.05) is 7.11 Å². The van der Waals surface area contributed by atoms with Crippen molar-refractivity contribution in [2.45, 2.75) is 33.6 Å². The SMILES string of the molecule is COc1ccc(-c2ccc(/C=C3\C(=O)C(C(C)C)CCC3C)cc2)cc1. The Hall–Kier alpha value is -2.35. The Bertz CT molecular complexity index is 782. The number of methoxy groups -OCH3 is 1. The molecule has 136 valence electrons. The van der Waals surface area contributed by atoms with E-state index in [0.29, 0.717) is 17.6 Å². The molecule has 0 aromatic heterocycles. The van der Waals surface area contributed by atoms with Crippen LogP contribution in [0.1, 0.15) is 39.2 Å². The van der Waals surface area contributed by atoms with E-state index in [2.05, 4.69) is 63.2 Å². The minimum atomic E-state index is 0.177. The molecule has 0 aliphatic heterocycles. The first-order valence-electron chi connectivity index (χ1n) is 9.50. The maximum atomic E-state index is 12.9. The van der Waals surface area contributed by atoms with Crippen LogP contribution in [-0.2, 0) is 4.79 Å². The first-order valence-corrected chi connectivity index (χ1v) is 9.50. The quantitative estimate of drug-likeness (QED) is 0.632. The molecule has 26 heavy (non-hydrogen) atoms. The molecule has 2 atom stereocenters. The molecule has 1 saturated carbocycles. The fraction of sp³-hybridized carbons (Fsp3) is 0.375. The summed E-state index contributed by atoms with van der Waals surface area (Å²) in [5, 5.41) is 0. The third-order valence-corrected chi connectivity index (χ3v) is 5.52. The minimum absolute atomic E-state index is 0.177. The monoisotopic (exact) mass is 348 g/mol. The van der Waals surface area contributed by atoms with Crippen LogP contribution in [0.5, 0.6) is 5.75 Å². The van der Waals surface area contributed by atoms with E-state index in [-0.39, 0.29) is 5.92 Å². The summed E-state index contributed by atoms with van der Waals surface area (Å²) in [6.45, 7) is 6.48. The fourth-order valence-electron chi connectivity index (χ4n) is 3.76. The molecule has 2 unspecified atom stereocenters. The molecule has 1 aliphatic carbocycles. The number of carbonyl (C=O) groups excluding carboxylic acids is 1. The molecular formula is C24H28O2. The Kier molecular flexibility index (Phi) is 5.61. The van der Waals surface area contributed by atoms with Gasteiger partial charge in [0.15, 0.2) is 5.78 Å². The van der Waals surface area contributed by atoms with E-state index in [4.69, 9.17) is 4.74 Å². The average Bonchev–Trinajstić information content (AvgIpc) is 2.65. The van der Waals surface area contributed by atoms with Crippen molar-refractivity contribution in [1.82, 2.24) is 0 Å². The highest BCUT2D eigenvalue weighted by Crippen LogP contribution is 2.35. The van der Waals surface area contributed by atoms with Crippen LogP contribution < -0.4 is 4.74 Å². The van der Waals surface area contributed by atoms with Gasteiger partial charge >= 0.3 is 0 Å². The van der Waals surface area contributed by atoms with Crippen molar-refractivity contribution in [1.29, 1.82) is 0 Å². The Morgan fingerprint density at radius 2 is 1.54 bits per heavy atom. The number of benzene rings is 2. The fourth-order valence-corrected chi connectivity index (χ4v) is 3.76. The van der Waals surface area contributed by atoms with Crippen LogP contribution >= 0.6 is 0 Å². The van der Waals surface area contributed by atoms with Gasteiger partial charge < -0.3 is 4.74 Å². The number of carbonyl (C=O) groups is 1. The van der Waals surface area contributed by atoms with E-state index in [1.807, 2.05) is 12.1 Å². The predicted molar refractivity (Wildman–Crippen MR) is 108 cm³/mol. The van der Waals surface area contributed by atoms with Gasteiger partial charge in [-0.15, -0.1) is 0 Å². The number of hydrogen-bond donors (Lipinski definition) is 0. The van der Waals surface area contributed by atoms with Gasteiger partial charge in [0, 0.05) is 5.92 Å². The number of rotatable bonds is 4. The standard InChI is InChI=1S/C24H28O2/c1-16(2)22-14-5-17(3)23(24(22)25)15-18-6-8-19(9-7-18)20-10-12-21(26-4)13-11-20/h6-13,15-17,22H,5,14H2,1-4H3/b23-15-. The molecule has 0 spiro atoms. The van der Waals surface area contributed by atoms with Gasteiger partial charge in [0.1, 0.15) is 5.75 Å². The van der Waals surface area contributed by atoms with Gasteiger partial charge in [-0.05, 0) is 65.1 Å². The van der Waals surface area contributed by atoms with Gasteiger partial charge in [0.05, 0.1) is 7.11 Å². The highest BCUT2D eigenvalue weighted by Gasteiger charge is 2.32. The van der Waals surface area contributed by atoms with Gasteiger partial charge in [-0.2, -0.15) is 0 Å². The van der Waals surface area contributed by atoms with E-state index in [0.717, 1.165) is 40.9 Å². The molecule has 0 saturated heterocycles. The van der Waals surface area contributed by atoms with Gasteiger partial charge in [0.2, 0.25) is 0 Å². The topological polar surface area (TPSA) is 26.3 Å². The molecule has 0 amide bonds. The Morgan fingerprint density at radius 1 is 0.962 bits per heavy atom. The van der Waals surface area contributed by atoms with E-state index < -0.39 is 0 Å². The number of Topliss-reactive ketones (excluding diaryl/α,β-unsaturated/α-hetero) is 1. The summed E-state index contributed by atoms with van der Waals surface area (Å²) in [4.78, 5) is 12.9. The second kappa shape index (κ2) is 7.90.